The van der Waals surface area contributed by atoms with Gasteiger partial charge in [-0.1, -0.05) is 19.6 Å². The van der Waals surface area contributed by atoms with E-state index in [1.807, 2.05) is 0 Å². The van der Waals surface area contributed by atoms with E-state index in [1.165, 1.54) is 12.1 Å². The number of rotatable bonds is 8. The number of sulfonamides is 2. The Morgan fingerprint density at radius 2 is 1.10 bits per heavy atom. The number of nitrogen functional groups attached to an aromatic ring is 1. The Balaban J connectivity index is 0.000000212. The fraction of sp³-hybridized carbons (Fsp3) is 0.220. The predicted octanol–water partition coefficient (Wildman–Crippen LogP) is 5.94. The van der Waals surface area contributed by atoms with Crippen molar-refractivity contribution in [2.24, 2.45) is 10.3 Å². The van der Waals surface area contributed by atoms with E-state index < -0.39 is 42.9 Å². The minimum absolute atomic E-state index is 0. The van der Waals surface area contributed by atoms with Gasteiger partial charge in [0.05, 0.1) is 22.2 Å². The van der Waals surface area contributed by atoms with E-state index in [0.29, 0.717) is 34.0 Å². The normalized spacial score (nSPS) is 14.2. The molecule has 4 aromatic heterocycles. The summed E-state index contributed by atoms with van der Waals surface area (Å²) in [6.45, 7) is 9.83. The van der Waals surface area contributed by atoms with Crippen LogP contribution < -0.4 is 52.1 Å². The number of aryl methyl sites for hydroxylation is 2. The van der Waals surface area contributed by atoms with Crippen molar-refractivity contribution in [3.05, 3.63) is 101 Å². The highest BCUT2D eigenvalue weighted by atomic mass is 35.5. The number of nitrogens with zero attached hydrogens (tertiary/aromatic N) is 6. The molecule has 27 heteroatoms. The molecule has 0 atom stereocenters. The van der Waals surface area contributed by atoms with Crippen molar-refractivity contribution in [2.75, 3.05) is 32.3 Å². The maximum Gasteiger partial charge on any atom is 0.269 e. The van der Waals surface area contributed by atoms with E-state index in [-0.39, 0.29) is 75.2 Å². The van der Waals surface area contributed by atoms with E-state index in [1.54, 1.807) is 90.1 Å². The Bertz CT molecular complexity index is 3170. The van der Waals surface area contributed by atoms with Crippen molar-refractivity contribution in [1.82, 2.24) is 29.9 Å². The lowest BCUT2D eigenvalue weighted by Crippen LogP contribution is -2.46. The number of fused-ring (bicyclic) bond motifs is 2. The smallest absolute Gasteiger partial charge is 0.269 e. The van der Waals surface area contributed by atoms with Gasteiger partial charge < -0.3 is 41.8 Å². The van der Waals surface area contributed by atoms with Gasteiger partial charge in [-0.25, -0.2) is 55.8 Å². The van der Waals surface area contributed by atoms with Crippen molar-refractivity contribution >= 4 is 95.7 Å². The van der Waals surface area contributed by atoms with Gasteiger partial charge in [-0.15, -0.1) is 0 Å². The molecule has 0 unspecified atom stereocenters. The van der Waals surface area contributed by atoms with Crippen LogP contribution in [0.25, 0.3) is 0 Å². The van der Waals surface area contributed by atoms with Crippen LogP contribution in [0.5, 0.6) is 11.5 Å². The summed E-state index contributed by atoms with van der Waals surface area (Å²) in [5.74, 6) is -0.710. The molecular formula is C41H45ClF2N14O8S2. The predicted molar refractivity (Wildman–Crippen MR) is 250 cm³/mol. The topological polar surface area (TPSA) is 336 Å². The fourth-order valence-electron chi connectivity index (χ4n) is 5.76. The number of benzene rings is 2. The monoisotopic (exact) mass is 998 g/mol. The summed E-state index contributed by atoms with van der Waals surface area (Å²) < 4.78 is 84.4. The lowest BCUT2D eigenvalue weighted by Gasteiger charge is -2.30. The van der Waals surface area contributed by atoms with Crippen LogP contribution in [-0.2, 0) is 29.6 Å². The second kappa shape index (κ2) is 19.8. The number of aromatic nitrogens is 6. The number of pyridine rings is 2. The summed E-state index contributed by atoms with van der Waals surface area (Å²) in [7, 11) is -7.56. The van der Waals surface area contributed by atoms with Gasteiger partial charge in [0, 0.05) is 11.4 Å². The van der Waals surface area contributed by atoms with Gasteiger partial charge in [0.2, 0.25) is 31.3 Å². The van der Waals surface area contributed by atoms with Crippen LogP contribution in [0.3, 0.4) is 0 Å². The Kier molecular flexibility index (Phi) is 15.0. The average Bonchev–Trinajstić information content (AvgIpc) is 3.23. The largest absolute Gasteiger partial charge is 0.474 e. The second-order valence-electron chi connectivity index (χ2n) is 15.4. The SMILES string of the molecule is C.CC1(C)Oc2ccc(Nc3nc(Cl)ncc3F)nc2NC1=O.Cc1ccc(N)cc1S(N)(=O)=O.Cc1ccc(Nc2ncc(F)c(Nc3ccc4c(n3)NC(=O)C(C)(C)O4)n2)cc1S(N)(=O)=O. The first-order chi connectivity index (χ1) is 31.2. The van der Waals surface area contributed by atoms with Crippen LogP contribution in [0.1, 0.15) is 46.2 Å². The van der Waals surface area contributed by atoms with E-state index in [9.17, 15) is 35.2 Å². The molecule has 2 amide bonds. The molecular weight excluding hydrogens is 954 g/mol. The zero-order valence-electron chi connectivity index (χ0n) is 36.1. The molecule has 2 aliphatic rings. The summed E-state index contributed by atoms with van der Waals surface area (Å²) in [5, 5.41) is 23.6. The number of hydrogen-bond donors (Lipinski definition) is 8. The summed E-state index contributed by atoms with van der Waals surface area (Å²) in [4.78, 5) is 47.6. The van der Waals surface area contributed by atoms with Gasteiger partial charge in [0.15, 0.2) is 57.6 Å². The minimum atomic E-state index is -3.92. The first kappa shape index (κ1) is 51.6. The third-order valence-electron chi connectivity index (χ3n) is 9.23. The number of hydrogen-bond acceptors (Lipinski definition) is 18. The number of halogens is 3. The van der Waals surface area contributed by atoms with Crippen molar-refractivity contribution in [3.63, 3.8) is 0 Å². The zero-order valence-corrected chi connectivity index (χ0v) is 38.4. The first-order valence-corrected chi connectivity index (χ1v) is 22.7. The third kappa shape index (κ3) is 12.5. The van der Waals surface area contributed by atoms with Crippen LogP contribution in [0, 0.1) is 25.5 Å². The molecule has 0 bridgehead atoms. The van der Waals surface area contributed by atoms with Crippen molar-refractivity contribution in [2.45, 2.75) is 70.0 Å². The molecule has 2 aliphatic heterocycles. The van der Waals surface area contributed by atoms with E-state index in [4.69, 9.17) is 37.1 Å². The summed E-state index contributed by atoms with van der Waals surface area (Å²) in [6.07, 6.45) is 1.89. The maximum atomic E-state index is 14.3. The number of nitrogens with two attached hydrogens (primary N) is 3. The van der Waals surface area contributed by atoms with Crippen molar-refractivity contribution in [1.29, 1.82) is 0 Å². The van der Waals surface area contributed by atoms with Crippen LogP contribution in [-0.4, -0.2) is 69.8 Å². The molecule has 6 heterocycles. The van der Waals surface area contributed by atoms with E-state index in [2.05, 4.69) is 56.5 Å². The molecule has 6 aromatic rings. The lowest BCUT2D eigenvalue weighted by molar-refractivity contribution is -0.130. The van der Waals surface area contributed by atoms with Crippen molar-refractivity contribution in [3.8, 4) is 11.5 Å². The molecule has 11 N–H and O–H groups in total. The van der Waals surface area contributed by atoms with Gasteiger partial charge in [0.25, 0.3) is 11.8 Å². The van der Waals surface area contributed by atoms with Crippen LogP contribution in [0.15, 0.2) is 82.8 Å². The van der Waals surface area contributed by atoms with E-state index >= 15 is 0 Å². The van der Waals surface area contributed by atoms with Gasteiger partial charge in [0.1, 0.15) is 11.6 Å². The standard InChI is InChI=1S/C20H20FN7O4S.C13H11ClFN5O2.C7H10N2O2S.CH4/c1-10-4-5-11(8-14(10)33(22,30)31)24-19-23-9-12(21)16(28-19)25-15-7-6-13-17(26-15)27-18(29)20(2,3)32-13;1-13(2)11(21)19-10-7(22-13)3-4-8(18-10)17-9-6(15)5-16-12(14)20-9;1-5-2-3-6(8)4-7(5)12(9,10)11;/h4-9H,1-3H3,(H2,22,30,31)(H3,23,24,25,26,27,28,29);3-5H,1-2H3,(H2,16,17,18,19,20,21);2-4H,8H2,1H3,(H2,9,10,11);1H4. The molecule has 0 saturated heterocycles. The Morgan fingerprint density at radius 1 is 0.647 bits per heavy atom. The molecule has 0 saturated carbocycles. The highest BCUT2D eigenvalue weighted by Gasteiger charge is 2.37. The molecule has 8 rings (SSSR count). The Hall–Kier alpha value is -7.39. The molecule has 22 nitrogen and oxygen atoms in total. The second-order valence-corrected chi connectivity index (χ2v) is 18.8. The number of carbonyl (C=O) groups is 2. The highest BCUT2D eigenvalue weighted by Crippen LogP contribution is 2.35. The fourth-order valence-corrected chi connectivity index (χ4v) is 7.52. The molecule has 0 aliphatic carbocycles. The lowest BCUT2D eigenvalue weighted by atomic mass is 10.1. The number of primary sulfonamides is 2. The minimum Gasteiger partial charge on any atom is -0.474 e. The molecule has 0 spiro atoms. The molecule has 360 valence electrons. The van der Waals surface area contributed by atoms with Crippen LogP contribution >= 0.6 is 11.6 Å². The summed E-state index contributed by atoms with van der Waals surface area (Å²) in [5.41, 5.74) is 5.20. The Labute approximate surface area is 394 Å². The Morgan fingerprint density at radius 3 is 1.59 bits per heavy atom. The quantitative estimate of drug-likeness (QED) is 0.0646. The van der Waals surface area contributed by atoms with E-state index in [0.717, 1.165) is 12.4 Å². The van der Waals surface area contributed by atoms with Gasteiger partial charge >= 0.3 is 0 Å². The first-order valence-electron chi connectivity index (χ1n) is 19.3. The summed E-state index contributed by atoms with van der Waals surface area (Å²) in [6, 6.07) is 15.4. The highest BCUT2D eigenvalue weighted by molar-refractivity contribution is 7.89. The molecule has 68 heavy (non-hydrogen) atoms. The average molecular weight is 999 g/mol. The maximum absolute atomic E-state index is 14.3. The van der Waals surface area contributed by atoms with Crippen LogP contribution in [0.4, 0.5) is 61.0 Å². The van der Waals surface area contributed by atoms with Crippen LogP contribution in [0.2, 0.25) is 5.28 Å². The number of amides is 2. The number of anilines is 9. The van der Waals surface area contributed by atoms with Gasteiger partial charge in [-0.3, -0.25) is 9.59 Å². The summed E-state index contributed by atoms with van der Waals surface area (Å²) >= 11 is 5.62. The van der Waals surface area contributed by atoms with Crippen molar-refractivity contribution < 1.29 is 44.7 Å². The van der Waals surface area contributed by atoms with Gasteiger partial charge in [-0.05, 0) is 113 Å². The number of carbonyl (C=O) groups excluding carboxylic acids is 2. The van der Waals surface area contributed by atoms with Gasteiger partial charge in [-0.2, -0.15) is 9.97 Å². The molecule has 2 aromatic carbocycles. The number of nitrogens with one attached hydrogen (secondary N) is 5. The zero-order chi connectivity index (χ0) is 49.2. The third-order valence-corrected chi connectivity index (χ3v) is 11.5. The molecule has 0 radical (unpaired) electrons. The molecule has 0 fully saturated rings. The number of ether oxygens (including phenoxy) is 2.